The van der Waals surface area contributed by atoms with Crippen LogP contribution in [0.3, 0.4) is 0 Å². The number of allylic oxidation sites excluding steroid dienone is 4. The Morgan fingerprint density at radius 2 is 1.27 bits per heavy atom. The number of benzene rings is 2. The van der Waals surface area contributed by atoms with Crippen LogP contribution in [0.15, 0.2) is 86.1 Å². The number of nitrogens with zero attached hydrogens (tertiary/aromatic N) is 2. The van der Waals surface area contributed by atoms with Crippen molar-refractivity contribution in [3.05, 3.63) is 115 Å². The average molecular weight is 954 g/mol. The first-order valence-corrected chi connectivity index (χ1v) is 24.9. The van der Waals surface area contributed by atoms with Gasteiger partial charge in [0.1, 0.15) is 0 Å². The number of para-hydroxylation sites is 1. The van der Waals surface area contributed by atoms with Crippen LogP contribution in [0, 0.1) is 38.1 Å². The first kappa shape index (κ1) is 59.8. The van der Waals surface area contributed by atoms with Gasteiger partial charge in [-0.05, 0) is 101 Å². The summed E-state index contributed by atoms with van der Waals surface area (Å²) in [4.78, 5) is 71.7. The molecule has 1 aliphatic heterocycles. The Labute approximate surface area is 370 Å². The number of rotatable bonds is 10. The summed E-state index contributed by atoms with van der Waals surface area (Å²) in [6.45, 7) is 26.8. The predicted octanol–water partition coefficient (Wildman–Crippen LogP) is 11.4. The quantitative estimate of drug-likeness (QED) is 0.109. The maximum absolute atomic E-state index is 8.12. The van der Waals surface area contributed by atoms with Gasteiger partial charge in [-0.1, -0.05) is 76.1 Å². The number of hydrogen-bond acceptors (Lipinski definition) is 10. The number of fused-ring (bicyclic) bond motifs is 1. The normalized spacial score (nSPS) is 12.5. The molecular weight excluding hydrogens is 892 g/mol. The summed E-state index contributed by atoms with van der Waals surface area (Å²) in [7, 11) is 11.7. The number of pyridine rings is 1. The Morgan fingerprint density at radius 3 is 1.63 bits per heavy atom. The first-order valence-electron chi connectivity index (χ1n) is 19.4. The number of anilines is 1. The summed E-state index contributed by atoms with van der Waals surface area (Å²) < 4.78 is 1.92. The van der Waals surface area contributed by atoms with Crippen LogP contribution in [0.25, 0.3) is 10.9 Å². The molecule has 0 N–H and O–H groups in total. The van der Waals surface area contributed by atoms with Crippen LogP contribution >= 0.6 is 19.4 Å². The predicted molar refractivity (Wildman–Crippen MR) is 234 cm³/mol. The van der Waals surface area contributed by atoms with Crippen LogP contribution in [-0.4, -0.2) is 40.7 Å². The van der Waals surface area contributed by atoms with Gasteiger partial charge in [-0.25, -0.2) is 6.54 Å². The molecule has 1 aromatic heterocycles. The van der Waals surface area contributed by atoms with E-state index in [4.69, 9.17) is 57.7 Å². The molecule has 0 bridgehead atoms. The molecule has 5 rings (SSSR count). The van der Waals surface area contributed by atoms with E-state index in [1.807, 2.05) is 47.1 Å². The molecule has 0 radical (unpaired) electrons. The van der Waals surface area contributed by atoms with E-state index >= 15 is 0 Å². The zero-order valence-electron chi connectivity index (χ0n) is 36.0. The van der Waals surface area contributed by atoms with Crippen molar-refractivity contribution >= 4 is 65.2 Å². The Kier molecular flexibility index (Phi) is 37.3. The molecule has 2 heterocycles. The molecule has 0 spiro atoms. The summed E-state index contributed by atoms with van der Waals surface area (Å²) in [5.74, 6) is 0. The fourth-order valence-corrected chi connectivity index (χ4v) is 8.62. The molecule has 0 atom stereocenters. The van der Waals surface area contributed by atoms with Gasteiger partial charge in [0.2, 0.25) is 0 Å². The van der Waals surface area contributed by atoms with Gasteiger partial charge in [0.05, 0.1) is 0 Å². The molecule has 1 saturated heterocycles. The van der Waals surface area contributed by atoms with Crippen molar-refractivity contribution in [2.24, 2.45) is 10.8 Å². The number of hydrogen-bond donors (Lipinski definition) is 0. The van der Waals surface area contributed by atoms with Crippen LogP contribution in [0.4, 0.5) is 5.69 Å². The van der Waals surface area contributed by atoms with E-state index < -0.39 is 13.5 Å². The SMILES string of the molecule is C=CCC(CC)(CC)CC=C.CCC1(CC)CC=CC1.Cc1cc(C)c(N2[CH-]CCC2)c(C)c1.O=C=O.O=C=O.O=C=O.O=C=O.[Cl][Ru]([Cl])=[CH]c1cccc2cccnc12. The molecule has 10 nitrogen and oxygen atoms in total. The number of halogens is 2. The third-order valence-electron chi connectivity index (χ3n) is 10.1. The van der Waals surface area contributed by atoms with Crippen LogP contribution < -0.4 is 4.90 Å². The summed E-state index contributed by atoms with van der Waals surface area (Å²) in [5.41, 5.74) is 8.71. The van der Waals surface area contributed by atoms with Crippen molar-refractivity contribution in [1.82, 2.24) is 4.98 Å². The van der Waals surface area contributed by atoms with E-state index in [-0.39, 0.29) is 24.6 Å². The Hall–Kier alpha value is -4.54. The second-order valence-corrected chi connectivity index (χ2v) is 19.3. The summed E-state index contributed by atoms with van der Waals surface area (Å²) in [6, 6.07) is 14.5. The molecule has 2 aromatic carbocycles. The van der Waals surface area contributed by atoms with E-state index in [1.165, 1.54) is 80.3 Å². The summed E-state index contributed by atoms with van der Waals surface area (Å²) >= 11 is -1.76. The number of carbonyl (C=O) groups excluding carboxylic acids is 8. The van der Waals surface area contributed by atoms with E-state index in [1.54, 1.807) is 6.20 Å². The zero-order chi connectivity index (χ0) is 46.4. The molecule has 0 amide bonds. The van der Waals surface area contributed by atoms with Gasteiger partial charge in [-0.3, -0.25) is 0 Å². The van der Waals surface area contributed by atoms with E-state index in [0.717, 1.165) is 29.3 Å². The van der Waals surface area contributed by atoms with Crippen molar-refractivity contribution in [2.75, 3.05) is 11.4 Å². The van der Waals surface area contributed by atoms with Crippen LogP contribution in [-0.2, 0) is 51.9 Å². The molecule has 60 heavy (non-hydrogen) atoms. The number of aryl methyl sites for hydroxylation is 3. The standard InChI is InChI=1S/C13H18N.C11H20.C10H7N.C9H16.4CO2.2ClH.Ru/c1-10-8-11(2)13(12(3)9-10)14-6-4-5-7-14;1-5-9-11(7-3,8-4)10-6-2;1-8-4-2-5-9-6-3-7-11-10(8)9;1-3-9(4-2)7-5-6-8-9;4*2-1-3;;;/h6,8-9H,4-5,7H2,1-3H3;5-6H,1-2,7-10H2,3-4H3;1-7H;5-6H,3-4,7-8H2,1-2H3;;;;;2*1H;/q-1;;;;;;;;;;+2/p-2. The van der Waals surface area contributed by atoms with Crippen molar-refractivity contribution in [3.63, 3.8) is 0 Å². The van der Waals surface area contributed by atoms with Gasteiger partial charge in [-0.2, -0.15) is 44.8 Å². The van der Waals surface area contributed by atoms with Crippen LogP contribution in [0.5, 0.6) is 0 Å². The van der Waals surface area contributed by atoms with Gasteiger partial charge in [-0.15, -0.1) is 13.2 Å². The fourth-order valence-electron chi connectivity index (χ4n) is 6.82. The van der Waals surface area contributed by atoms with Crippen molar-refractivity contribution in [3.8, 4) is 0 Å². The Morgan fingerprint density at radius 1 is 0.800 bits per heavy atom. The molecule has 2 aliphatic rings. The van der Waals surface area contributed by atoms with E-state index in [0.29, 0.717) is 10.8 Å². The Bertz CT molecular complexity index is 1770. The van der Waals surface area contributed by atoms with Crippen molar-refractivity contribution in [2.45, 2.75) is 113 Å². The van der Waals surface area contributed by atoms with Gasteiger partial charge < -0.3 is 4.90 Å². The summed E-state index contributed by atoms with van der Waals surface area (Å²) in [5, 5.41) is 1.12. The minimum atomic E-state index is -1.76. The molecule has 13 heteroatoms. The fraction of sp³-hybridized carbons (Fsp3) is 0.426. The average Bonchev–Trinajstić information content (AvgIpc) is 3.93. The van der Waals surface area contributed by atoms with Crippen LogP contribution in [0.2, 0.25) is 0 Å². The molecule has 330 valence electrons. The van der Waals surface area contributed by atoms with E-state index in [9.17, 15) is 0 Å². The second-order valence-electron chi connectivity index (χ2n) is 13.6. The maximum atomic E-state index is 8.12. The topological polar surface area (TPSA) is 153 Å². The van der Waals surface area contributed by atoms with Gasteiger partial charge in [0.25, 0.3) is 0 Å². The minimum absolute atomic E-state index is 0.250. The Balaban J connectivity index is -0.000000669. The van der Waals surface area contributed by atoms with Crippen molar-refractivity contribution < 1.29 is 51.9 Å². The van der Waals surface area contributed by atoms with Crippen molar-refractivity contribution in [1.29, 1.82) is 0 Å². The number of aromatic nitrogens is 1. The zero-order valence-corrected chi connectivity index (χ0v) is 39.3. The second kappa shape index (κ2) is 37.5. The molecule has 0 saturated carbocycles. The molecule has 1 fully saturated rings. The van der Waals surface area contributed by atoms with Crippen LogP contribution in [0.1, 0.15) is 114 Å². The van der Waals surface area contributed by atoms with E-state index in [2.05, 4.69) is 102 Å². The third-order valence-corrected chi connectivity index (χ3v) is 12.0. The molecule has 1 aliphatic carbocycles. The third kappa shape index (κ3) is 25.2. The summed E-state index contributed by atoms with van der Waals surface area (Å²) in [6.07, 6.45) is 24.0. The molecule has 3 aromatic rings. The van der Waals surface area contributed by atoms with Gasteiger partial charge in [0, 0.05) is 5.69 Å². The molecular formula is C47H61Cl2N2O8Ru-. The first-order chi connectivity index (χ1) is 28.7. The monoisotopic (exact) mass is 953 g/mol. The van der Waals surface area contributed by atoms with Gasteiger partial charge >= 0.3 is 120 Å². The molecule has 0 unspecified atom stereocenters. The van der Waals surface area contributed by atoms with Gasteiger partial charge in [0.15, 0.2) is 0 Å².